The summed E-state index contributed by atoms with van der Waals surface area (Å²) >= 11 is 0. The van der Waals surface area contributed by atoms with Crippen molar-refractivity contribution in [3.8, 4) is 0 Å². The minimum absolute atomic E-state index is 0.161. The van der Waals surface area contributed by atoms with E-state index in [0.717, 1.165) is 12.8 Å². The van der Waals surface area contributed by atoms with Crippen LogP contribution in [0.25, 0.3) is 0 Å². The molecule has 1 aromatic rings. The first-order valence-corrected chi connectivity index (χ1v) is 6.42. The summed E-state index contributed by atoms with van der Waals surface area (Å²) in [7, 11) is 0. The zero-order valence-corrected chi connectivity index (χ0v) is 11.0. The molecule has 3 rings (SSSR count). The minimum atomic E-state index is -0.441. The second kappa shape index (κ2) is 3.70. The maximum atomic E-state index is 12.3. The van der Waals surface area contributed by atoms with Crippen LogP contribution in [0.1, 0.15) is 56.8 Å². The van der Waals surface area contributed by atoms with Crippen molar-refractivity contribution in [2.24, 2.45) is 0 Å². The van der Waals surface area contributed by atoms with Gasteiger partial charge in [0.05, 0.1) is 12.1 Å². The predicted octanol–water partition coefficient (Wildman–Crippen LogP) is 3.21. The Morgan fingerprint density at radius 1 is 1.33 bits per heavy atom. The molecule has 1 saturated heterocycles. The van der Waals surface area contributed by atoms with Gasteiger partial charge in [-0.05, 0) is 50.8 Å². The number of rotatable bonds is 0. The Balaban J connectivity index is 1.88. The third kappa shape index (κ3) is 1.67. The standard InChI is InChI=1S/C14H18N2O2/c1-14(2,3)18-13(17)16-11-4-5-12(16)10-8-15-7-6-9(10)11/h6-8,11-12H,4-5H2,1-3H3. The van der Waals surface area contributed by atoms with E-state index in [1.54, 1.807) is 6.20 Å². The van der Waals surface area contributed by atoms with Crippen LogP contribution in [-0.2, 0) is 4.74 Å². The first-order valence-electron chi connectivity index (χ1n) is 6.42. The third-order valence-electron chi connectivity index (χ3n) is 3.59. The van der Waals surface area contributed by atoms with Crippen molar-refractivity contribution in [3.63, 3.8) is 0 Å². The number of nitrogens with zero attached hydrogens (tertiary/aromatic N) is 2. The van der Waals surface area contributed by atoms with Crippen LogP contribution in [0.3, 0.4) is 0 Å². The molecular formula is C14H18N2O2. The maximum absolute atomic E-state index is 12.3. The summed E-state index contributed by atoms with van der Waals surface area (Å²) in [6.07, 6.45) is 5.53. The van der Waals surface area contributed by atoms with Gasteiger partial charge in [0.1, 0.15) is 5.60 Å². The Bertz CT molecular complexity index is 462. The molecule has 2 bridgehead atoms. The Hall–Kier alpha value is -1.58. The number of ether oxygens (including phenoxy) is 1. The average molecular weight is 246 g/mol. The van der Waals surface area contributed by atoms with Crippen molar-refractivity contribution in [1.29, 1.82) is 0 Å². The van der Waals surface area contributed by atoms with Crippen molar-refractivity contribution in [1.82, 2.24) is 9.88 Å². The quantitative estimate of drug-likeness (QED) is 0.706. The topological polar surface area (TPSA) is 42.4 Å². The van der Waals surface area contributed by atoms with Crippen molar-refractivity contribution in [3.05, 3.63) is 29.6 Å². The number of hydrogen-bond donors (Lipinski definition) is 0. The molecule has 4 nitrogen and oxygen atoms in total. The monoisotopic (exact) mass is 246 g/mol. The van der Waals surface area contributed by atoms with Crippen LogP contribution in [0.15, 0.2) is 18.5 Å². The molecule has 1 aromatic heterocycles. The van der Waals surface area contributed by atoms with Crippen LogP contribution < -0.4 is 0 Å². The fraction of sp³-hybridized carbons (Fsp3) is 0.571. The predicted molar refractivity (Wildman–Crippen MR) is 67.0 cm³/mol. The lowest BCUT2D eigenvalue weighted by Crippen LogP contribution is -2.34. The molecule has 0 saturated carbocycles. The largest absolute Gasteiger partial charge is 0.444 e. The molecule has 18 heavy (non-hydrogen) atoms. The highest BCUT2D eigenvalue weighted by Crippen LogP contribution is 2.52. The molecule has 4 heteroatoms. The van der Waals surface area contributed by atoms with E-state index in [0.29, 0.717) is 0 Å². The lowest BCUT2D eigenvalue weighted by Gasteiger charge is -2.27. The van der Waals surface area contributed by atoms with E-state index >= 15 is 0 Å². The van der Waals surface area contributed by atoms with Crippen LogP contribution in [0.5, 0.6) is 0 Å². The van der Waals surface area contributed by atoms with Crippen LogP contribution >= 0.6 is 0 Å². The summed E-state index contributed by atoms with van der Waals surface area (Å²) in [5, 5.41) is 0. The number of aromatic nitrogens is 1. The molecule has 2 atom stereocenters. The molecule has 2 aliphatic heterocycles. The fourth-order valence-electron chi connectivity index (χ4n) is 2.99. The van der Waals surface area contributed by atoms with Crippen LogP contribution in [0.4, 0.5) is 4.79 Å². The highest BCUT2D eigenvalue weighted by Gasteiger charge is 2.47. The summed E-state index contributed by atoms with van der Waals surface area (Å²) in [5.74, 6) is 0. The van der Waals surface area contributed by atoms with Crippen molar-refractivity contribution < 1.29 is 9.53 Å². The van der Waals surface area contributed by atoms with Gasteiger partial charge >= 0.3 is 6.09 Å². The van der Waals surface area contributed by atoms with E-state index in [1.165, 1.54) is 11.1 Å². The third-order valence-corrected chi connectivity index (χ3v) is 3.59. The molecule has 0 spiro atoms. The molecule has 2 aliphatic rings. The van der Waals surface area contributed by atoms with Gasteiger partial charge in [-0.3, -0.25) is 9.88 Å². The molecule has 1 fully saturated rings. The lowest BCUT2D eigenvalue weighted by molar-refractivity contribution is 0.0177. The van der Waals surface area contributed by atoms with Crippen molar-refractivity contribution in [2.75, 3.05) is 0 Å². The van der Waals surface area contributed by atoms with Gasteiger partial charge in [0, 0.05) is 12.4 Å². The second-order valence-corrected chi connectivity index (χ2v) is 6.00. The number of fused-ring (bicyclic) bond motifs is 5. The summed E-state index contributed by atoms with van der Waals surface area (Å²) in [5.41, 5.74) is 2.00. The average Bonchev–Trinajstić information content (AvgIpc) is 2.83. The summed E-state index contributed by atoms with van der Waals surface area (Å²) < 4.78 is 5.50. The van der Waals surface area contributed by atoms with Gasteiger partial charge in [-0.2, -0.15) is 0 Å². The van der Waals surface area contributed by atoms with E-state index in [4.69, 9.17) is 4.74 Å². The summed E-state index contributed by atoms with van der Waals surface area (Å²) in [4.78, 5) is 18.3. The zero-order valence-electron chi connectivity index (χ0n) is 11.0. The van der Waals surface area contributed by atoms with Crippen molar-refractivity contribution in [2.45, 2.75) is 51.3 Å². The Kier molecular flexibility index (Phi) is 2.37. The lowest BCUT2D eigenvalue weighted by atomic mass is 9.94. The second-order valence-electron chi connectivity index (χ2n) is 6.00. The molecule has 0 aliphatic carbocycles. The Morgan fingerprint density at radius 3 is 2.61 bits per heavy atom. The van der Waals surface area contributed by atoms with Crippen molar-refractivity contribution >= 4 is 6.09 Å². The van der Waals surface area contributed by atoms with Gasteiger partial charge in [-0.25, -0.2) is 4.79 Å². The molecule has 0 radical (unpaired) electrons. The molecule has 0 N–H and O–H groups in total. The minimum Gasteiger partial charge on any atom is -0.444 e. The summed E-state index contributed by atoms with van der Waals surface area (Å²) in [6, 6.07) is 2.37. The number of pyridine rings is 1. The molecule has 2 unspecified atom stereocenters. The van der Waals surface area contributed by atoms with Gasteiger partial charge in [0.15, 0.2) is 0 Å². The van der Waals surface area contributed by atoms with Gasteiger partial charge < -0.3 is 4.74 Å². The molecule has 0 aromatic carbocycles. The number of amides is 1. The van der Waals surface area contributed by atoms with Gasteiger partial charge in [-0.15, -0.1) is 0 Å². The SMILES string of the molecule is CC(C)(C)OC(=O)N1C2CCC1c1cnccc12. The number of carbonyl (C=O) groups is 1. The smallest absolute Gasteiger partial charge is 0.411 e. The van der Waals surface area contributed by atoms with E-state index in [2.05, 4.69) is 4.98 Å². The van der Waals surface area contributed by atoms with E-state index in [9.17, 15) is 4.79 Å². The van der Waals surface area contributed by atoms with Gasteiger partial charge in [-0.1, -0.05) is 0 Å². The van der Waals surface area contributed by atoms with Crippen LogP contribution in [-0.4, -0.2) is 21.6 Å². The van der Waals surface area contributed by atoms with E-state index in [1.807, 2.05) is 37.9 Å². The van der Waals surface area contributed by atoms with E-state index in [-0.39, 0.29) is 18.2 Å². The Morgan fingerprint density at radius 2 is 2.00 bits per heavy atom. The number of carbonyl (C=O) groups excluding carboxylic acids is 1. The van der Waals surface area contributed by atoms with Gasteiger partial charge in [0.25, 0.3) is 0 Å². The maximum Gasteiger partial charge on any atom is 0.411 e. The van der Waals surface area contributed by atoms with E-state index < -0.39 is 5.60 Å². The highest BCUT2D eigenvalue weighted by molar-refractivity contribution is 5.72. The first kappa shape index (κ1) is 11.5. The zero-order chi connectivity index (χ0) is 12.9. The molecule has 1 amide bonds. The van der Waals surface area contributed by atoms with Gasteiger partial charge in [0.2, 0.25) is 0 Å². The summed E-state index contributed by atoms with van der Waals surface area (Å²) in [6.45, 7) is 5.70. The number of hydrogen-bond acceptors (Lipinski definition) is 3. The van der Waals surface area contributed by atoms with Crippen LogP contribution in [0.2, 0.25) is 0 Å². The Labute approximate surface area is 107 Å². The van der Waals surface area contributed by atoms with Crippen LogP contribution in [0, 0.1) is 0 Å². The fourth-order valence-corrected chi connectivity index (χ4v) is 2.99. The molecular weight excluding hydrogens is 228 g/mol. The first-order chi connectivity index (χ1) is 8.47. The normalized spacial score (nSPS) is 25.2. The highest BCUT2D eigenvalue weighted by atomic mass is 16.6. The molecule has 3 heterocycles. The molecule has 96 valence electrons.